The fraction of sp³-hybridized carbons (Fsp3) is 0.824. The molecule has 0 saturated carbocycles. The van der Waals surface area contributed by atoms with Crippen LogP contribution in [0.5, 0.6) is 0 Å². The van der Waals surface area contributed by atoms with Crippen LogP contribution in [0.2, 0.25) is 0 Å². The first kappa shape index (κ1) is 18.8. The van der Waals surface area contributed by atoms with Gasteiger partial charge in [-0.1, -0.05) is 0 Å². The zero-order chi connectivity index (χ0) is 18.5. The van der Waals surface area contributed by atoms with E-state index in [0.717, 1.165) is 18.4 Å². The van der Waals surface area contributed by atoms with Gasteiger partial charge >= 0.3 is 0 Å². The van der Waals surface area contributed by atoms with E-state index in [2.05, 4.69) is 30.6 Å². The minimum atomic E-state index is -3.52. The molecule has 25 heavy (non-hydrogen) atoms. The predicted molar refractivity (Wildman–Crippen MR) is 96.3 cm³/mol. The summed E-state index contributed by atoms with van der Waals surface area (Å²) in [6.07, 6.45) is 5.58. The Bertz CT molecular complexity index is 714. The molecule has 3 heterocycles. The summed E-state index contributed by atoms with van der Waals surface area (Å²) in [6, 6.07) is -0.307. The van der Waals surface area contributed by atoms with Gasteiger partial charge in [0.1, 0.15) is 0 Å². The van der Waals surface area contributed by atoms with Gasteiger partial charge in [0, 0.05) is 43.0 Å². The van der Waals surface area contributed by atoms with E-state index < -0.39 is 10.2 Å². The first-order valence-electron chi connectivity index (χ1n) is 8.97. The highest BCUT2D eigenvalue weighted by Gasteiger charge is 2.58. The Morgan fingerprint density at radius 3 is 2.48 bits per heavy atom. The summed E-state index contributed by atoms with van der Waals surface area (Å²) in [5, 5.41) is 4.49. The number of rotatable bonds is 4. The van der Waals surface area contributed by atoms with Crippen LogP contribution in [0.1, 0.15) is 59.1 Å². The Balaban J connectivity index is 1.95. The molecule has 0 amide bonds. The van der Waals surface area contributed by atoms with Gasteiger partial charge in [-0.2, -0.15) is 22.5 Å². The van der Waals surface area contributed by atoms with Crippen molar-refractivity contribution in [3.05, 3.63) is 18.0 Å². The third-order valence-corrected chi connectivity index (χ3v) is 6.85. The molecular formula is C17H30N4O3S. The standard InChI is InChI=1S/C17H30N4O3S/c1-13(2)19-25(22,23)20-12-17(6-8-24-9-7-17)15(20)14-10-18-21(11-14)16(3,4)5/h10-11,13,15,19H,6-9,12H2,1-5H3. The van der Waals surface area contributed by atoms with Crippen LogP contribution in [0.25, 0.3) is 0 Å². The second kappa shape index (κ2) is 6.33. The summed E-state index contributed by atoms with van der Waals surface area (Å²) in [5.41, 5.74) is 0.790. The summed E-state index contributed by atoms with van der Waals surface area (Å²) >= 11 is 0. The van der Waals surface area contributed by atoms with Gasteiger partial charge in [0.15, 0.2) is 0 Å². The number of hydrogen-bond donors (Lipinski definition) is 1. The molecule has 1 atom stereocenters. The number of aromatic nitrogens is 2. The lowest BCUT2D eigenvalue weighted by molar-refractivity contribution is -0.0958. The minimum absolute atomic E-state index is 0.0459. The maximum Gasteiger partial charge on any atom is 0.280 e. The number of nitrogens with zero attached hydrogens (tertiary/aromatic N) is 3. The molecule has 2 saturated heterocycles. The fourth-order valence-corrected chi connectivity index (χ4v) is 5.63. The Kier molecular flexibility index (Phi) is 4.77. The van der Waals surface area contributed by atoms with Gasteiger partial charge in [0.2, 0.25) is 0 Å². The molecule has 2 aliphatic heterocycles. The molecule has 3 rings (SSSR count). The van der Waals surface area contributed by atoms with Crippen LogP contribution in [0.4, 0.5) is 0 Å². The van der Waals surface area contributed by atoms with E-state index in [0.29, 0.717) is 19.8 Å². The van der Waals surface area contributed by atoms with Gasteiger partial charge in [-0.05, 0) is 47.5 Å². The molecule has 0 bridgehead atoms. The molecule has 142 valence electrons. The summed E-state index contributed by atoms with van der Waals surface area (Å²) in [6.45, 7) is 11.9. The second-order valence-electron chi connectivity index (χ2n) is 8.59. The van der Waals surface area contributed by atoms with E-state index in [1.807, 2.05) is 30.9 Å². The molecular weight excluding hydrogens is 340 g/mol. The zero-order valence-electron chi connectivity index (χ0n) is 15.8. The number of ether oxygens (including phenoxy) is 1. The van der Waals surface area contributed by atoms with Crippen molar-refractivity contribution >= 4 is 10.2 Å². The van der Waals surface area contributed by atoms with Crippen LogP contribution < -0.4 is 4.72 Å². The fourth-order valence-electron chi connectivity index (χ4n) is 3.84. The van der Waals surface area contributed by atoms with E-state index in [4.69, 9.17) is 4.74 Å². The molecule has 8 heteroatoms. The van der Waals surface area contributed by atoms with E-state index in [1.165, 1.54) is 0 Å². The van der Waals surface area contributed by atoms with Gasteiger partial charge in [0.25, 0.3) is 10.2 Å². The first-order valence-corrected chi connectivity index (χ1v) is 10.4. The van der Waals surface area contributed by atoms with E-state index in [-0.39, 0.29) is 23.0 Å². The van der Waals surface area contributed by atoms with Gasteiger partial charge in [-0.3, -0.25) is 4.68 Å². The van der Waals surface area contributed by atoms with Gasteiger partial charge in [0.05, 0.1) is 17.8 Å². The maximum absolute atomic E-state index is 12.8. The largest absolute Gasteiger partial charge is 0.381 e. The topological polar surface area (TPSA) is 76.5 Å². The molecule has 2 aliphatic rings. The highest BCUT2D eigenvalue weighted by Crippen LogP contribution is 2.55. The smallest absolute Gasteiger partial charge is 0.280 e. The minimum Gasteiger partial charge on any atom is -0.381 e. The van der Waals surface area contributed by atoms with Crippen LogP contribution >= 0.6 is 0 Å². The average Bonchev–Trinajstić information content (AvgIpc) is 2.93. The van der Waals surface area contributed by atoms with E-state index >= 15 is 0 Å². The van der Waals surface area contributed by atoms with Gasteiger partial charge < -0.3 is 4.74 Å². The molecule has 1 aromatic rings. The molecule has 1 N–H and O–H groups in total. The van der Waals surface area contributed by atoms with E-state index in [1.54, 1.807) is 4.31 Å². The van der Waals surface area contributed by atoms with Crippen molar-refractivity contribution in [3.8, 4) is 0 Å². The molecule has 1 spiro atoms. The summed E-state index contributed by atoms with van der Waals surface area (Å²) in [7, 11) is -3.52. The number of nitrogens with one attached hydrogen (secondary N) is 1. The SMILES string of the molecule is CC(C)NS(=O)(=O)N1CC2(CCOCC2)C1c1cnn(C(C)(C)C)c1. The molecule has 1 aromatic heterocycles. The Hall–Kier alpha value is -0.960. The first-order chi connectivity index (χ1) is 11.6. The average molecular weight is 371 g/mol. The van der Waals surface area contributed by atoms with Crippen LogP contribution in [-0.4, -0.2) is 48.3 Å². The van der Waals surface area contributed by atoms with Crippen molar-refractivity contribution in [2.45, 2.75) is 65.1 Å². The molecule has 0 aromatic carbocycles. The highest BCUT2D eigenvalue weighted by molar-refractivity contribution is 7.87. The van der Waals surface area contributed by atoms with Crippen molar-refractivity contribution in [1.29, 1.82) is 0 Å². The van der Waals surface area contributed by atoms with Crippen LogP contribution in [0.3, 0.4) is 0 Å². The second-order valence-corrected chi connectivity index (χ2v) is 10.2. The van der Waals surface area contributed by atoms with Crippen molar-refractivity contribution in [2.24, 2.45) is 5.41 Å². The van der Waals surface area contributed by atoms with Gasteiger partial charge in [-0.25, -0.2) is 0 Å². The van der Waals surface area contributed by atoms with Crippen molar-refractivity contribution in [2.75, 3.05) is 19.8 Å². The summed E-state index contributed by atoms with van der Waals surface area (Å²) in [4.78, 5) is 0. The lowest BCUT2D eigenvalue weighted by Gasteiger charge is -2.57. The molecule has 0 aliphatic carbocycles. The van der Waals surface area contributed by atoms with Gasteiger partial charge in [-0.15, -0.1) is 0 Å². The van der Waals surface area contributed by atoms with Crippen LogP contribution in [0.15, 0.2) is 12.4 Å². The van der Waals surface area contributed by atoms with Crippen molar-refractivity contribution in [1.82, 2.24) is 18.8 Å². The lowest BCUT2D eigenvalue weighted by atomic mass is 9.66. The van der Waals surface area contributed by atoms with Crippen LogP contribution in [-0.2, 0) is 20.5 Å². The Labute approximate surface area is 150 Å². The molecule has 2 fully saturated rings. The lowest BCUT2D eigenvalue weighted by Crippen LogP contribution is -2.64. The van der Waals surface area contributed by atoms with Crippen LogP contribution in [0, 0.1) is 5.41 Å². The zero-order valence-corrected chi connectivity index (χ0v) is 16.6. The summed E-state index contributed by atoms with van der Waals surface area (Å²) in [5.74, 6) is 0. The Morgan fingerprint density at radius 2 is 1.96 bits per heavy atom. The Morgan fingerprint density at radius 1 is 1.32 bits per heavy atom. The van der Waals surface area contributed by atoms with E-state index in [9.17, 15) is 8.42 Å². The highest BCUT2D eigenvalue weighted by atomic mass is 32.2. The normalized spacial score (nSPS) is 24.6. The predicted octanol–water partition coefficient (Wildman–Crippen LogP) is 2.03. The maximum atomic E-state index is 12.8. The molecule has 1 unspecified atom stereocenters. The van der Waals surface area contributed by atoms with Crippen molar-refractivity contribution in [3.63, 3.8) is 0 Å². The molecule has 0 radical (unpaired) electrons. The third-order valence-electron chi connectivity index (χ3n) is 5.13. The third kappa shape index (κ3) is 3.49. The van der Waals surface area contributed by atoms with Crippen molar-refractivity contribution < 1.29 is 13.2 Å². The summed E-state index contributed by atoms with van der Waals surface area (Å²) < 4.78 is 37.3. The number of hydrogen-bond acceptors (Lipinski definition) is 4. The monoisotopic (exact) mass is 370 g/mol. The molecule has 7 nitrogen and oxygen atoms in total. The quantitative estimate of drug-likeness (QED) is 0.880.